The highest BCUT2D eigenvalue weighted by atomic mass is 32.2. The van der Waals surface area contributed by atoms with E-state index in [9.17, 15) is 62.9 Å². The van der Waals surface area contributed by atoms with Gasteiger partial charge in [-0.15, -0.1) is 0 Å². The van der Waals surface area contributed by atoms with Gasteiger partial charge in [0, 0.05) is 6.07 Å². The zero-order valence-corrected chi connectivity index (χ0v) is 28.1. The first-order valence-corrected chi connectivity index (χ1v) is 16.5. The van der Waals surface area contributed by atoms with E-state index in [1.807, 2.05) is 60.7 Å². The summed E-state index contributed by atoms with van der Waals surface area (Å²) in [5.74, 6) is -2.89. The summed E-state index contributed by atoms with van der Waals surface area (Å²) in [6.07, 6.45) is -16.4. The molecule has 0 bridgehead atoms. The average molecular weight is 788 g/mol. The van der Waals surface area contributed by atoms with Crippen molar-refractivity contribution < 1.29 is 72.4 Å². The number of aliphatic hydroxyl groups is 1. The predicted molar refractivity (Wildman–Crippen MR) is 176 cm³/mol. The lowest BCUT2D eigenvalue weighted by Crippen LogP contribution is -2.18. The first-order valence-electron chi connectivity index (χ1n) is 15.0. The topological polar surface area (TPSA) is 122 Å². The molecule has 0 aliphatic rings. The monoisotopic (exact) mass is 787 g/mol. The van der Waals surface area contributed by atoms with E-state index in [0.717, 1.165) is 23.3 Å². The van der Waals surface area contributed by atoms with E-state index in [1.165, 1.54) is 17.9 Å². The first-order chi connectivity index (χ1) is 25.1. The van der Waals surface area contributed by atoms with E-state index in [2.05, 4.69) is 0 Å². The molecule has 0 radical (unpaired) electrons. The number of hydrogen-bond acceptors (Lipinski definition) is 6. The quantitative estimate of drug-likeness (QED) is 0.127. The molecule has 0 fully saturated rings. The molecule has 18 heteroatoms. The number of methoxy groups -OCH3 is 1. The number of anilines is 1. The third-order valence-corrected chi connectivity index (χ3v) is 8.64. The molecule has 0 saturated carbocycles. The molecule has 5 aromatic carbocycles. The summed E-state index contributed by atoms with van der Waals surface area (Å²) in [6.45, 7) is 0. The van der Waals surface area contributed by atoms with Gasteiger partial charge in [0.1, 0.15) is 23.2 Å². The van der Waals surface area contributed by atoms with Gasteiger partial charge in [0.2, 0.25) is 0 Å². The fourth-order valence-corrected chi connectivity index (χ4v) is 5.76. The molecule has 0 aliphatic carbocycles. The van der Waals surface area contributed by atoms with Crippen molar-refractivity contribution in [2.24, 2.45) is 0 Å². The molecule has 0 heterocycles. The summed E-state index contributed by atoms with van der Waals surface area (Å²) in [5.41, 5.74) is -5.25. The Hall–Kier alpha value is -5.75. The number of ether oxygens (including phenoxy) is 2. The van der Waals surface area contributed by atoms with Gasteiger partial charge in [-0.3, -0.25) is 4.72 Å². The Morgan fingerprint density at radius 3 is 1.59 bits per heavy atom. The number of halogens is 9. The number of nitrogens with one attached hydrogen (secondary N) is 1. The Kier molecular flexibility index (Phi) is 12.2. The fraction of sp³-hybridized carbons (Fsp3) is 0.139. The van der Waals surface area contributed by atoms with Crippen LogP contribution in [-0.2, 0) is 28.6 Å². The van der Waals surface area contributed by atoms with E-state index >= 15 is 0 Å². The molecule has 0 amide bonds. The van der Waals surface area contributed by atoms with E-state index in [1.54, 1.807) is 0 Å². The molecule has 5 rings (SSSR count). The average Bonchev–Trinajstić information content (AvgIpc) is 3.11. The second-order valence-electron chi connectivity index (χ2n) is 11.0. The standard InChI is InChI=1S/C23H14F9NO6S.C13H12O/c1-38-14-3-4-16(20(34)35)19(10-14)39-18-5-2-11(21(24,25)26)9-17(18)33-40(36,37)15-7-12(22(27,28)29)6-13(8-15)23(30,31)32;14-13(11-7-3-1-4-8-11)12-9-5-2-6-10-12/h2-10,33H,1H3,(H,34,35);1-10,13-14H. The van der Waals surface area contributed by atoms with Crippen molar-refractivity contribution in [3.8, 4) is 17.2 Å². The van der Waals surface area contributed by atoms with Gasteiger partial charge in [0.05, 0.1) is 34.4 Å². The molecule has 286 valence electrons. The molecular formula is C36H26F9NO7S. The molecule has 54 heavy (non-hydrogen) atoms. The smallest absolute Gasteiger partial charge is 0.416 e. The second kappa shape index (κ2) is 16.1. The predicted octanol–water partition coefficient (Wildman–Crippen LogP) is 9.81. The van der Waals surface area contributed by atoms with Crippen molar-refractivity contribution in [1.29, 1.82) is 0 Å². The fourth-order valence-electron chi connectivity index (χ4n) is 4.63. The minimum Gasteiger partial charge on any atom is -0.497 e. The summed E-state index contributed by atoms with van der Waals surface area (Å²) in [6, 6.07) is 23.0. The Morgan fingerprint density at radius 2 is 1.15 bits per heavy atom. The van der Waals surface area contributed by atoms with Crippen LogP contribution in [0.5, 0.6) is 17.2 Å². The molecule has 3 N–H and O–H groups in total. The summed E-state index contributed by atoms with van der Waals surface area (Å²) in [4.78, 5) is 9.98. The Balaban J connectivity index is 0.000000385. The van der Waals surface area contributed by atoms with Crippen molar-refractivity contribution in [2.45, 2.75) is 29.5 Å². The van der Waals surface area contributed by atoms with E-state index in [0.29, 0.717) is 12.1 Å². The Bertz CT molecular complexity index is 2120. The highest BCUT2D eigenvalue weighted by Gasteiger charge is 2.39. The highest BCUT2D eigenvalue weighted by Crippen LogP contribution is 2.41. The molecule has 0 unspecified atom stereocenters. The van der Waals surface area contributed by atoms with Gasteiger partial charge in [0.25, 0.3) is 10.0 Å². The summed E-state index contributed by atoms with van der Waals surface area (Å²) < 4.78 is 157. The number of carboxylic acid groups (broad SMARTS) is 1. The second-order valence-corrected chi connectivity index (χ2v) is 12.7. The van der Waals surface area contributed by atoms with Crippen LogP contribution in [0.2, 0.25) is 0 Å². The van der Waals surface area contributed by atoms with Gasteiger partial charge < -0.3 is 19.7 Å². The van der Waals surface area contributed by atoms with Crippen molar-refractivity contribution >= 4 is 21.7 Å². The number of aromatic carboxylic acids is 1. The van der Waals surface area contributed by atoms with Gasteiger partial charge in [-0.25, -0.2) is 13.2 Å². The van der Waals surface area contributed by atoms with Crippen LogP contribution >= 0.6 is 0 Å². The van der Waals surface area contributed by atoms with Crippen molar-refractivity contribution in [3.05, 3.63) is 149 Å². The Morgan fingerprint density at radius 1 is 0.648 bits per heavy atom. The van der Waals surface area contributed by atoms with E-state index in [-0.39, 0.29) is 30.0 Å². The molecular weight excluding hydrogens is 761 g/mol. The van der Waals surface area contributed by atoms with Gasteiger partial charge >= 0.3 is 24.5 Å². The zero-order valence-electron chi connectivity index (χ0n) is 27.3. The summed E-state index contributed by atoms with van der Waals surface area (Å²) >= 11 is 0. The SMILES string of the molecule is COc1ccc(C(=O)O)c(Oc2ccc(C(F)(F)F)cc2NS(=O)(=O)c2cc(C(F)(F)F)cc(C(F)(F)F)c2)c1.OC(c1ccccc1)c1ccccc1. The van der Waals surface area contributed by atoms with Crippen LogP contribution in [0, 0.1) is 0 Å². The maximum Gasteiger partial charge on any atom is 0.416 e. The number of sulfonamides is 1. The number of aliphatic hydroxyl groups excluding tert-OH is 1. The van der Waals surface area contributed by atoms with Crippen LogP contribution in [-0.4, -0.2) is 31.7 Å². The van der Waals surface area contributed by atoms with Crippen LogP contribution in [0.3, 0.4) is 0 Å². The number of hydrogen-bond donors (Lipinski definition) is 3. The molecule has 8 nitrogen and oxygen atoms in total. The minimum atomic E-state index is -5.43. The van der Waals surface area contributed by atoms with E-state index < -0.39 is 85.0 Å². The third kappa shape index (κ3) is 10.4. The lowest BCUT2D eigenvalue weighted by atomic mass is 10.0. The third-order valence-electron chi connectivity index (χ3n) is 7.29. The molecule has 0 atom stereocenters. The summed E-state index contributed by atoms with van der Waals surface area (Å²) in [7, 11) is -4.25. The zero-order chi connectivity index (χ0) is 40.1. The van der Waals surface area contributed by atoms with Gasteiger partial charge in [-0.2, -0.15) is 39.5 Å². The lowest BCUT2D eigenvalue weighted by molar-refractivity contribution is -0.143. The van der Waals surface area contributed by atoms with Crippen LogP contribution in [0.15, 0.2) is 120 Å². The van der Waals surface area contributed by atoms with Crippen LogP contribution in [0.1, 0.15) is 44.3 Å². The number of benzene rings is 5. The van der Waals surface area contributed by atoms with E-state index in [4.69, 9.17) is 9.47 Å². The van der Waals surface area contributed by atoms with Gasteiger partial charge in [-0.1, -0.05) is 60.7 Å². The number of alkyl halides is 9. The minimum absolute atomic E-state index is 0.0117. The largest absolute Gasteiger partial charge is 0.497 e. The van der Waals surface area contributed by atoms with Crippen molar-refractivity contribution in [3.63, 3.8) is 0 Å². The maximum absolute atomic E-state index is 13.4. The van der Waals surface area contributed by atoms with Gasteiger partial charge in [0.15, 0.2) is 5.75 Å². The first kappa shape index (κ1) is 41.0. The highest BCUT2D eigenvalue weighted by molar-refractivity contribution is 7.92. The van der Waals surface area contributed by atoms with Crippen LogP contribution in [0.4, 0.5) is 45.2 Å². The normalized spacial score (nSPS) is 12.1. The number of rotatable bonds is 9. The van der Waals surface area contributed by atoms with Gasteiger partial charge in [-0.05, 0) is 59.7 Å². The van der Waals surface area contributed by atoms with Crippen molar-refractivity contribution in [2.75, 3.05) is 11.8 Å². The maximum atomic E-state index is 13.4. The molecule has 0 spiro atoms. The molecule has 5 aromatic rings. The molecule has 0 aromatic heterocycles. The molecule has 0 aliphatic heterocycles. The lowest BCUT2D eigenvalue weighted by Gasteiger charge is -2.18. The number of carbonyl (C=O) groups is 1. The number of carboxylic acids is 1. The van der Waals surface area contributed by atoms with Crippen LogP contribution < -0.4 is 14.2 Å². The Labute approximate surface area is 301 Å². The van der Waals surface area contributed by atoms with Crippen LogP contribution in [0.25, 0.3) is 0 Å². The van der Waals surface area contributed by atoms with Crippen molar-refractivity contribution in [1.82, 2.24) is 0 Å². The summed E-state index contributed by atoms with van der Waals surface area (Å²) in [5, 5.41) is 19.4. The molecule has 0 saturated heterocycles.